The largest absolute Gasteiger partial charge is 0.399 e. The van der Waals surface area contributed by atoms with Gasteiger partial charge in [0.2, 0.25) is 0 Å². The Morgan fingerprint density at radius 1 is 1.62 bits per heavy atom. The second-order valence-electron chi connectivity index (χ2n) is 3.17. The van der Waals surface area contributed by atoms with Gasteiger partial charge < -0.3 is 5.73 Å². The van der Waals surface area contributed by atoms with Gasteiger partial charge in [-0.2, -0.15) is 0 Å². The van der Waals surface area contributed by atoms with E-state index in [1.165, 1.54) is 12.8 Å². The Labute approximate surface area is 87.7 Å². The summed E-state index contributed by atoms with van der Waals surface area (Å²) in [7, 11) is 0. The summed E-state index contributed by atoms with van der Waals surface area (Å²) in [6.07, 6.45) is 5.09. The lowest BCUT2D eigenvalue weighted by Gasteiger charge is -2.07. The molecular weight excluding hydrogens is 228 g/mol. The molecule has 3 heteroatoms. The highest BCUT2D eigenvalue weighted by Gasteiger charge is 2.04. The highest BCUT2D eigenvalue weighted by Crippen LogP contribution is 2.14. The summed E-state index contributed by atoms with van der Waals surface area (Å²) in [6, 6.07) is 3.75. The lowest BCUT2D eigenvalue weighted by Crippen LogP contribution is -2.04. The molecule has 0 radical (unpaired) electrons. The molecule has 0 unspecified atom stereocenters. The fourth-order valence-electron chi connectivity index (χ4n) is 1.25. The highest BCUT2D eigenvalue weighted by molar-refractivity contribution is 9.09. The minimum atomic E-state index is 0.520. The normalized spacial score (nSPS) is 12.8. The maximum atomic E-state index is 5.65. The SMILES string of the molecule is CCC[C@@H](Br)Cc1cc(N)ccn1. The van der Waals surface area contributed by atoms with Gasteiger partial charge in [0, 0.05) is 28.8 Å². The molecule has 0 aliphatic heterocycles. The first-order chi connectivity index (χ1) is 6.22. The predicted octanol–water partition coefficient (Wildman–Crippen LogP) is 2.77. The summed E-state index contributed by atoms with van der Waals surface area (Å²) >= 11 is 3.62. The van der Waals surface area contributed by atoms with Crippen LogP contribution in [0.1, 0.15) is 25.5 Å². The van der Waals surface area contributed by atoms with Crippen LogP contribution < -0.4 is 5.73 Å². The van der Waals surface area contributed by atoms with E-state index in [0.717, 1.165) is 17.8 Å². The number of aromatic nitrogens is 1. The van der Waals surface area contributed by atoms with Gasteiger partial charge in [0.05, 0.1) is 0 Å². The Morgan fingerprint density at radius 3 is 3.00 bits per heavy atom. The molecule has 1 heterocycles. The first-order valence-corrected chi connectivity index (χ1v) is 5.48. The fraction of sp³-hybridized carbons (Fsp3) is 0.500. The minimum Gasteiger partial charge on any atom is -0.399 e. The predicted molar refractivity (Wildman–Crippen MR) is 60.0 cm³/mol. The third-order valence-electron chi connectivity index (χ3n) is 1.87. The summed E-state index contributed by atoms with van der Waals surface area (Å²) in [5, 5.41) is 0. The van der Waals surface area contributed by atoms with Gasteiger partial charge in [0.1, 0.15) is 0 Å². The molecule has 1 aromatic rings. The van der Waals surface area contributed by atoms with Crippen LogP contribution in [0.4, 0.5) is 5.69 Å². The minimum absolute atomic E-state index is 0.520. The molecule has 0 bridgehead atoms. The van der Waals surface area contributed by atoms with Crippen LogP contribution in [-0.2, 0) is 6.42 Å². The molecule has 1 rings (SSSR count). The lowest BCUT2D eigenvalue weighted by atomic mass is 10.1. The third-order valence-corrected chi connectivity index (χ3v) is 2.65. The molecule has 13 heavy (non-hydrogen) atoms. The Morgan fingerprint density at radius 2 is 2.38 bits per heavy atom. The van der Waals surface area contributed by atoms with E-state index in [9.17, 15) is 0 Å². The van der Waals surface area contributed by atoms with Crippen molar-refractivity contribution in [1.82, 2.24) is 4.98 Å². The third kappa shape index (κ3) is 3.77. The van der Waals surface area contributed by atoms with Gasteiger partial charge in [-0.1, -0.05) is 29.3 Å². The summed E-state index contributed by atoms with van der Waals surface area (Å²) in [5.74, 6) is 0. The topological polar surface area (TPSA) is 38.9 Å². The molecule has 0 saturated heterocycles. The number of nitrogens with two attached hydrogens (primary N) is 1. The van der Waals surface area contributed by atoms with E-state index in [0.29, 0.717) is 4.83 Å². The summed E-state index contributed by atoms with van der Waals surface area (Å²) < 4.78 is 0. The molecule has 2 nitrogen and oxygen atoms in total. The number of rotatable bonds is 4. The van der Waals surface area contributed by atoms with Gasteiger partial charge >= 0.3 is 0 Å². The van der Waals surface area contributed by atoms with E-state index in [4.69, 9.17) is 5.73 Å². The lowest BCUT2D eigenvalue weighted by molar-refractivity contribution is 0.734. The maximum Gasteiger partial charge on any atom is 0.0435 e. The number of hydrogen-bond acceptors (Lipinski definition) is 2. The number of pyridine rings is 1. The van der Waals surface area contributed by atoms with E-state index in [1.54, 1.807) is 6.20 Å². The van der Waals surface area contributed by atoms with Crippen LogP contribution in [0.3, 0.4) is 0 Å². The summed E-state index contributed by atoms with van der Waals surface area (Å²) in [4.78, 5) is 4.77. The van der Waals surface area contributed by atoms with Crippen LogP contribution in [-0.4, -0.2) is 9.81 Å². The van der Waals surface area contributed by atoms with Crippen LogP contribution in [0.2, 0.25) is 0 Å². The van der Waals surface area contributed by atoms with Crippen molar-refractivity contribution in [2.45, 2.75) is 31.0 Å². The molecule has 0 saturated carbocycles. The van der Waals surface area contributed by atoms with Gasteiger partial charge in [0.15, 0.2) is 0 Å². The zero-order chi connectivity index (χ0) is 9.68. The molecule has 1 aromatic heterocycles. The molecular formula is C10H15BrN2. The molecule has 0 aliphatic carbocycles. The second kappa shape index (κ2) is 5.22. The van der Waals surface area contributed by atoms with Gasteiger partial charge in [-0.25, -0.2) is 0 Å². The van der Waals surface area contributed by atoms with Crippen molar-refractivity contribution in [3.05, 3.63) is 24.0 Å². The van der Waals surface area contributed by atoms with Crippen LogP contribution in [0.5, 0.6) is 0 Å². The van der Waals surface area contributed by atoms with E-state index >= 15 is 0 Å². The summed E-state index contributed by atoms with van der Waals surface area (Å²) in [6.45, 7) is 2.18. The number of nitrogen functional groups attached to an aromatic ring is 1. The zero-order valence-corrected chi connectivity index (χ0v) is 9.42. The van der Waals surface area contributed by atoms with E-state index in [1.807, 2.05) is 12.1 Å². The van der Waals surface area contributed by atoms with E-state index in [2.05, 4.69) is 27.8 Å². The van der Waals surface area contributed by atoms with E-state index in [-0.39, 0.29) is 0 Å². The molecule has 0 fully saturated rings. The average molecular weight is 243 g/mol. The van der Waals surface area contributed by atoms with Crippen LogP contribution >= 0.6 is 15.9 Å². The first-order valence-electron chi connectivity index (χ1n) is 4.57. The van der Waals surface area contributed by atoms with Crippen LogP contribution in [0, 0.1) is 0 Å². The Kier molecular flexibility index (Phi) is 4.22. The Balaban J connectivity index is 2.53. The van der Waals surface area contributed by atoms with Crippen molar-refractivity contribution in [3.63, 3.8) is 0 Å². The van der Waals surface area contributed by atoms with Gasteiger partial charge in [-0.05, 0) is 18.6 Å². The van der Waals surface area contributed by atoms with Gasteiger partial charge in [-0.15, -0.1) is 0 Å². The molecule has 0 amide bonds. The molecule has 0 spiro atoms. The van der Waals surface area contributed by atoms with Crippen molar-refractivity contribution in [1.29, 1.82) is 0 Å². The smallest absolute Gasteiger partial charge is 0.0435 e. The molecule has 72 valence electrons. The number of hydrogen-bond donors (Lipinski definition) is 1. The van der Waals surface area contributed by atoms with E-state index < -0.39 is 0 Å². The number of alkyl halides is 1. The van der Waals surface area contributed by atoms with Crippen molar-refractivity contribution < 1.29 is 0 Å². The Hall–Kier alpha value is -0.570. The molecule has 1 atom stereocenters. The molecule has 0 aliphatic rings. The average Bonchev–Trinajstić information content (AvgIpc) is 2.04. The monoisotopic (exact) mass is 242 g/mol. The van der Waals surface area contributed by atoms with Gasteiger partial charge in [-0.3, -0.25) is 4.98 Å². The second-order valence-corrected chi connectivity index (χ2v) is 4.47. The molecule has 0 aromatic carbocycles. The van der Waals surface area contributed by atoms with Crippen molar-refractivity contribution in [2.24, 2.45) is 0 Å². The fourth-order valence-corrected chi connectivity index (χ4v) is 2.04. The van der Waals surface area contributed by atoms with Crippen molar-refractivity contribution in [3.8, 4) is 0 Å². The van der Waals surface area contributed by atoms with Gasteiger partial charge in [0.25, 0.3) is 0 Å². The quantitative estimate of drug-likeness (QED) is 0.826. The number of anilines is 1. The maximum absolute atomic E-state index is 5.65. The Bertz CT molecular complexity index is 263. The zero-order valence-electron chi connectivity index (χ0n) is 7.83. The number of nitrogens with zero attached hydrogens (tertiary/aromatic N) is 1. The molecule has 2 N–H and O–H groups in total. The number of halogens is 1. The standard InChI is InChI=1S/C10H15BrN2/c1-2-3-8(11)6-10-7-9(12)4-5-13-10/h4-5,7-8H,2-3,6H2,1H3,(H2,12,13)/t8-/m1/s1. The first kappa shape index (κ1) is 10.5. The van der Waals surface area contributed by atoms with Crippen molar-refractivity contribution >= 4 is 21.6 Å². The van der Waals surface area contributed by atoms with Crippen LogP contribution in [0.15, 0.2) is 18.3 Å². The highest BCUT2D eigenvalue weighted by atomic mass is 79.9. The summed E-state index contributed by atoms with van der Waals surface area (Å²) in [5.41, 5.74) is 7.51. The van der Waals surface area contributed by atoms with Crippen molar-refractivity contribution in [2.75, 3.05) is 5.73 Å². The van der Waals surface area contributed by atoms with Crippen LogP contribution in [0.25, 0.3) is 0 Å².